The van der Waals surface area contributed by atoms with E-state index in [-0.39, 0.29) is 5.82 Å². The molecule has 6 heteroatoms. The van der Waals surface area contributed by atoms with Gasteiger partial charge in [-0.3, -0.25) is 4.68 Å². The maximum Gasteiger partial charge on any atom is 0.125 e. The largest absolute Gasteiger partial charge is 0.328 e. The van der Waals surface area contributed by atoms with Gasteiger partial charge in [-0.1, -0.05) is 0 Å². The molecule has 0 aliphatic heterocycles. The van der Waals surface area contributed by atoms with E-state index < -0.39 is 0 Å². The molecule has 3 rings (SSSR count). The van der Waals surface area contributed by atoms with Gasteiger partial charge >= 0.3 is 0 Å². The molecule has 0 atom stereocenters. The zero-order chi connectivity index (χ0) is 14.8. The number of imidazole rings is 1. The third kappa shape index (κ3) is 2.78. The lowest BCUT2D eigenvalue weighted by atomic mass is 10.2. The SMILES string of the molecule is Cn1nccc1CCn1c(CCCl)nc2cc(F)ccc21. The highest BCUT2D eigenvalue weighted by Gasteiger charge is 2.11. The zero-order valence-electron chi connectivity index (χ0n) is 11.8. The fourth-order valence-electron chi connectivity index (χ4n) is 2.55. The van der Waals surface area contributed by atoms with Crippen LogP contribution in [0.3, 0.4) is 0 Å². The molecule has 3 aromatic rings. The van der Waals surface area contributed by atoms with Gasteiger partial charge in [-0.2, -0.15) is 5.10 Å². The number of halogens is 2. The summed E-state index contributed by atoms with van der Waals surface area (Å²) in [4.78, 5) is 4.50. The highest BCUT2D eigenvalue weighted by Crippen LogP contribution is 2.19. The second-order valence-corrected chi connectivity index (χ2v) is 5.33. The summed E-state index contributed by atoms with van der Waals surface area (Å²) in [7, 11) is 1.93. The number of aryl methyl sites for hydroxylation is 4. The molecule has 4 nitrogen and oxygen atoms in total. The number of hydrogen-bond donors (Lipinski definition) is 0. The quantitative estimate of drug-likeness (QED) is 0.679. The van der Waals surface area contributed by atoms with E-state index in [1.807, 2.05) is 17.8 Å². The third-order valence-electron chi connectivity index (χ3n) is 3.62. The van der Waals surface area contributed by atoms with Crippen molar-refractivity contribution in [2.75, 3.05) is 5.88 Å². The zero-order valence-corrected chi connectivity index (χ0v) is 12.5. The molecule has 0 unspecified atom stereocenters. The number of aromatic nitrogens is 4. The molecule has 1 aromatic carbocycles. The Balaban J connectivity index is 1.95. The Kier molecular flexibility index (Phi) is 3.92. The summed E-state index contributed by atoms with van der Waals surface area (Å²) in [5.41, 5.74) is 2.77. The smallest absolute Gasteiger partial charge is 0.125 e. The van der Waals surface area contributed by atoms with Crippen LogP contribution in [0, 0.1) is 5.82 Å². The van der Waals surface area contributed by atoms with Crippen molar-refractivity contribution in [2.45, 2.75) is 19.4 Å². The first-order valence-corrected chi connectivity index (χ1v) is 7.40. The van der Waals surface area contributed by atoms with Crippen LogP contribution in [0.2, 0.25) is 0 Å². The Labute approximate surface area is 127 Å². The molecule has 0 fully saturated rings. The third-order valence-corrected chi connectivity index (χ3v) is 3.81. The van der Waals surface area contributed by atoms with Crippen LogP contribution in [0.5, 0.6) is 0 Å². The molecule has 21 heavy (non-hydrogen) atoms. The molecule has 0 saturated heterocycles. The van der Waals surface area contributed by atoms with Crippen molar-refractivity contribution in [2.24, 2.45) is 7.05 Å². The molecule has 0 bridgehead atoms. The lowest BCUT2D eigenvalue weighted by Crippen LogP contribution is -2.09. The summed E-state index contributed by atoms with van der Waals surface area (Å²) in [5.74, 6) is 1.13. The van der Waals surface area contributed by atoms with Gasteiger partial charge in [0.1, 0.15) is 11.6 Å². The van der Waals surface area contributed by atoms with Crippen molar-refractivity contribution in [1.29, 1.82) is 0 Å². The minimum Gasteiger partial charge on any atom is -0.328 e. The van der Waals surface area contributed by atoms with Crippen LogP contribution in [0.1, 0.15) is 11.5 Å². The molecule has 0 amide bonds. The normalized spacial score (nSPS) is 11.4. The Morgan fingerprint density at radius 1 is 1.24 bits per heavy atom. The van der Waals surface area contributed by atoms with Crippen LogP contribution in [-0.2, 0) is 26.4 Å². The minimum absolute atomic E-state index is 0.267. The van der Waals surface area contributed by atoms with Gasteiger partial charge in [0.05, 0.1) is 11.0 Å². The number of hydrogen-bond acceptors (Lipinski definition) is 2. The van der Waals surface area contributed by atoms with E-state index in [0.29, 0.717) is 17.8 Å². The van der Waals surface area contributed by atoms with E-state index in [9.17, 15) is 4.39 Å². The van der Waals surface area contributed by atoms with E-state index in [1.165, 1.54) is 12.1 Å². The van der Waals surface area contributed by atoms with Crippen LogP contribution in [-0.4, -0.2) is 25.2 Å². The summed E-state index contributed by atoms with van der Waals surface area (Å²) < 4.78 is 17.3. The summed E-state index contributed by atoms with van der Waals surface area (Å²) >= 11 is 5.85. The van der Waals surface area contributed by atoms with Gasteiger partial charge in [-0.25, -0.2) is 9.37 Å². The maximum atomic E-state index is 13.3. The van der Waals surface area contributed by atoms with Crippen molar-refractivity contribution in [3.8, 4) is 0 Å². The molecule has 2 heterocycles. The average Bonchev–Trinajstić information content (AvgIpc) is 3.00. The minimum atomic E-state index is -0.267. The molecule has 0 saturated carbocycles. The number of rotatable bonds is 5. The number of benzene rings is 1. The second kappa shape index (κ2) is 5.85. The highest BCUT2D eigenvalue weighted by molar-refractivity contribution is 6.17. The van der Waals surface area contributed by atoms with Gasteiger partial charge in [-0.15, -0.1) is 11.6 Å². The van der Waals surface area contributed by atoms with E-state index in [4.69, 9.17) is 11.6 Å². The summed E-state index contributed by atoms with van der Waals surface area (Å²) in [6.45, 7) is 0.772. The lowest BCUT2D eigenvalue weighted by molar-refractivity contribution is 0.625. The predicted molar refractivity (Wildman–Crippen MR) is 81.0 cm³/mol. The van der Waals surface area contributed by atoms with Crippen molar-refractivity contribution < 1.29 is 4.39 Å². The topological polar surface area (TPSA) is 35.6 Å². The first-order valence-electron chi connectivity index (χ1n) is 6.86. The van der Waals surface area contributed by atoms with E-state index >= 15 is 0 Å². The van der Waals surface area contributed by atoms with Crippen molar-refractivity contribution >= 4 is 22.6 Å². The molecular formula is C15H16ClFN4. The van der Waals surface area contributed by atoms with E-state index in [0.717, 1.165) is 30.0 Å². The van der Waals surface area contributed by atoms with Gasteiger partial charge in [0.15, 0.2) is 0 Å². The fraction of sp³-hybridized carbons (Fsp3) is 0.333. The van der Waals surface area contributed by atoms with Crippen LogP contribution >= 0.6 is 11.6 Å². The lowest BCUT2D eigenvalue weighted by Gasteiger charge is -2.09. The number of fused-ring (bicyclic) bond motifs is 1. The number of nitrogens with zero attached hydrogens (tertiary/aromatic N) is 4. The molecule has 0 aliphatic carbocycles. The maximum absolute atomic E-state index is 13.3. The van der Waals surface area contributed by atoms with Crippen LogP contribution in [0.25, 0.3) is 11.0 Å². The summed E-state index contributed by atoms with van der Waals surface area (Å²) in [6.07, 6.45) is 3.30. The molecule has 110 valence electrons. The monoisotopic (exact) mass is 306 g/mol. The van der Waals surface area contributed by atoms with Gasteiger partial charge in [-0.05, 0) is 18.2 Å². The fourth-order valence-corrected chi connectivity index (χ4v) is 2.72. The summed E-state index contributed by atoms with van der Waals surface area (Å²) in [5, 5.41) is 4.17. The van der Waals surface area contributed by atoms with Gasteiger partial charge in [0.2, 0.25) is 0 Å². The molecule has 0 N–H and O–H groups in total. The van der Waals surface area contributed by atoms with E-state index in [1.54, 1.807) is 12.3 Å². The van der Waals surface area contributed by atoms with Crippen LogP contribution in [0.15, 0.2) is 30.5 Å². The van der Waals surface area contributed by atoms with E-state index in [2.05, 4.69) is 14.6 Å². The van der Waals surface area contributed by atoms with Gasteiger partial charge in [0, 0.05) is 50.3 Å². The Hall–Kier alpha value is -1.88. The molecule has 0 radical (unpaired) electrons. The first-order chi connectivity index (χ1) is 10.2. The highest BCUT2D eigenvalue weighted by atomic mass is 35.5. The molecule has 0 aliphatic rings. The van der Waals surface area contributed by atoms with Gasteiger partial charge < -0.3 is 4.57 Å². The Bertz CT molecular complexity index is 762. The Morgan fingerprint density at radius 2 is 2.10 bits per heavy atom. The van der Waals surface area contributed by atoms with Gasteiger partial charge in [0.25, 0.3) is 0 Å². The predicted octanol–water partition coefficient (Wildman–Crippen LogP) is 2.93. The standard InChI is InChI=1S/C15H16ClFN4/c1-20-12(5-8-18-20)6-9-21-14-3-2-11(17)10-13(14)19-15(21)4-7-16/h2-3,5,8,10H,4,6-7,9H2,1H3. The molecular weight excluding hydrogens is 291 g/mol. The average molecular weight is 307 g/mol. The van der Waals surface area contributed by atoms with Crippen LogP contribution < -0.4 is 0 Å². The Morgan fingerprint density at radius 3 is 2.81 bits per heavy atom. The van der Waals surface area contributed by atoms with Crippen molar-refractivity contribution in [1.82, 2.24) is 19.3 Å². The second-order valence-electron chi connectivity index (χ2n) is 4.95. The molecule has 2 aromatic heterocycles. The first kappa shape index (κ1) is 14.1. The van der Waals surface area contributed by atoms with Crippen molar-refractivity contribution in [3.05, 3.63) is 47.8 Å². The molecule has 0 spiro atoms. The van der Waals surface area contributed by atoms with Crippen molar-refractivity contribution in [3.63, 3.8) is 0 Å². The van der Waals surface area contributed by atoms with Crippen LogP contribution in [0.4, 0.5) is 4.39 Å². The number of alkyl halides is 1. The summed E-state index contributed by atoms with van der Waals surface area (Å²) in [6, 6.07) is 6.71.